The van der Waals surface area contributed by atoms with Gasteiger partial charge in [-0.3, -0.25) is 9.36 Å². The van der Waals surface area contributed by atoms with Crippen LogP contribution in [0.3, 0.4) is 0 Å². The minimum absolute atomic E-state index is 0.184. The van der Waals surface area contributed by atoms with Crippen molar-refractivity contribution in [2.75, 3.05) is 0 Å². The summed E-state index contributed by atoms with van der Waals surface area (Å²) in [6, 6.07) is 24.4. The molecule has 0 aliphatic carbocycles. The van der Waals surface area contributed by atoms with Gasteiger partial charge in [-0.1, -0.05) is 72.8 Å². The molecule has 0 unspecified atom stereocenters. The van der Waals surface area contributed by atoms with E-state index < -0.39 is 0 Å². The molecule has 0 saturated carbocycles. The van der Waals surface area contributed by atoms with Gasteiger partial charge in [-0.2, -0.15) is 0 Å². The van der Waals surface area contributed by atoms with Gasteiger partial charge in [0.15, 0.2) is 5.78 Å². The summed E-state index contributed by atoms with van der Waals surface area (Å²) in [4.78, 5) is 12.8. The molecule has 2 nitrogen and oxygen atoms in total. The Labute approximate surface area is 151 Å². The number of benzene rings is 3. The van der Waals surface area contributed by atoms with Crippen molar-refractivity contribution < 1.29 is 9.36 Å². The highest BCUT2D eigenvalue weighted by Crippen LogP contribution is 2.25. The summed E-state index contributed by atoms with van der Waals surface area (Å²) in [7, 11) is 1.72. The fourth-order valence-electron chi connectivity index (χ4n) is 3.09. The van der Waals surface area contributed by atoms with Crippen molar-refractivity contribution in [1.29, 1.82) is 0 Å². The lowest BCUT2D eigenvalue weighted by Crippen LogP contribution is -2.08. The fourth-order valence-corrected chi connectivity index (χ4v) is 3.09. The standard InChI is InChI=1S/C22H20O.HOP/c1-16-9-8-10-17(2)22(16)21(23)15-19-13-6-7-14-20(19)18-11-4-3-5-12-18;1-2/h3-14H,15H2,1-2H3;2H. The van der Waals surface area contributed by atoms with Crippen molar-refractivity contribution >= 4 is 14.9 Å². The van der Waals surface area contributed by atoms with Gasteiger partial charge in [-0.05, 0) is 41.7 Å². The fraction of sp³-hybridized carbons (Fsp3) is 0.136. The highest BCUT2D eigenvalue weighted by atomic mass is 31.0. The molecule has 3 heteroatoms. The lowest BCUT2D eigenvalue weighted by Gasteiger charge is -2.12. The maximum atomic E-state index is 12.8. The van der Waals surface area contributed by atoms with Gasteiger partial charge >= 0.3 is 0 Å². The summed E-state index contributed by atoms with van der Waals surface area (Å²) in [5.74, 6) is 0.184. The molecule has 0 fully saturated rings. The zero-order valence-corrected chi connectivity index (χ0v) is 15.5. The van der Waals surface area contributed by atoms with Crippen LogP contribution in [0.15, 0.2) is 72.8 Å². The number of rotatable bonds is 4. The average Bonchev–Trinajstić information content (AvgIpc) is 2.64. The second-order valence-corrected chi connectivity index (χ2v) is 5.89. The first-order valence-electron chi connectivity index (χ1n) is 8.10. The molecule has 0 bridgehead atoms. The molecular formula is C22H21O2P. The molecule has 0 aliphatic rings. The molecule has 25 heavy (non-hydrogen) atoms. The van der Waals surface area contributed by atoms with Crippen molar-refractivity contribution in [2.45, 2.75) is 20.3 Å². The molecule has 3 aromatic carbocycles. The number of carbonyl (C=O) groups excluding carboxylic acids is 1. The van der Waals surface area contributed by atoms with Crippen LogP contribution in [0.25, 0.3) is 11.1 Å². The van der Waals surface area contributed by atoms with Gasteiger partial charge in [0, 0.05) is 12.0 Å². The van der Waals surface area contributed by atoms with Crippen LogP contribution in [0.4, 0.5) is 0 Å². The Morgan fingerprint density at radius 1 is 0.760 bits per heavy atom. The summed E-state index contributed by atoms with van der Waals surface area (Å²) in [5.41, 5.74) is 6.31. The van der Waals surface area contributed by atoms with Crippen LogP contribution in [-0.4, -0.2) is 5.78 Å². The number of aryl methyl sites for hydroxylation is 2. The largest absolute Gasteiger partial charge is 0.294 e. The molecule has 0 heterocycles. The minimum Gasteiger partial charge on any atom is -0.294 e. The van der Waals surface area contributed by atoms with Crippen molar-refractivity contribution in [1.82, 2.24) is 0 Å². The molecule has 0 spiro atoms. The molecule has 3 aromatic rings. The zero-order chi connectivity index (χ0) is 18.2. The van der Waals surface area contributed by atoms with E-state index in [1.165, 1.54) is 0 Å². The van der Waals surface area contributed by atoms with Gasteiger partial charge in [0.05, 0.1) is 0 Å². The highest BCUT2D eigenvalue weighted by Gasteiger charge is 2.14. The predicted molar refractivity (Wildman–Crippen MR) is 105 cm³/mol. The van der Waals surface area contributed by atoms with Gasteiger partial charge < -0.3 is 0 Å². The molecule has 126 valence electrons. The molecule has 0 radical (unpaired) electrons. The monoisotopic (exact) mass is 348 g/mol. The van der Waals surface area contributed by atoms with Crippen molar-refractivity contribution in [3.63, 3.8) is 0 Å². The lowest BCUT2D eigenvalue weighted by molar-refractivity contribution is 0.0992. The Kier molecular flexibility index (Phi) is 6.80. The van der Waals surface area contributed by atoms with E-state index in [1.807, 2.05) is 68.4 Å². The molecule has 0 N–H and O–H groups in total. The van der Waals surface area contributed by atoms with E-state index >= 15 is 0 Å². The van der Waals surface area contributed by atoms with Gasteiger partial charge in [0.25, 0.3) is 0 Å². The van der Waals surface area contributed by atoms with E-state index in [-0.39, 0.29) is 5.78 Å². The highest BCUT2D eigenvalue weighted by molar-refractivity contribution is 7.00. The predicted octanol–water partition coefficient (Wildman–Crippen LogP) is 5.87. The normalized spacial score (nSPS) is 9.84. The van der Waals surface area contributed by atoms with Gasteiger partial charge in [0.1, 0.15) is 9.12 Å². The number of hydrogen-bond acceptors (Lipinski definition) is 2. The van der Waals surface area contributed by atoms with E-state index in [1.54, 1.807) is 9.12 Å². The zero-order valence-electron chi connectivity index (χ0n) is 14.5. The SMILES string of the molecule is Cc1cccc(C)c1C(=O)Cc1ccccc1-c1ccccc1.O=P. The summed E-state index contributed by atoms with van der Waals surface area (Å²) >= 11 is 0. The topological polar surface area (TPSA) is 34.1 Å². The van der Waals surface area contributed by atoms with Crippen molar-refractivity contribution in [3.8, 4) is 11.1 Å². The van der Waals surface area contributed by atoms with Crippen LogP contribution >= 0.6 is 9.12 Å². The summed E-state index contributed by atoms with van der Waals surface area (Å²) in [6.07, 6.45) is 0.427. The summed E-state index contributed by atoms with van der Waals surface area (Å²) in [5, 5.41) is 0. The number of carbonyl (C=O) groups is 1. The van der Waals surface area contributed by atoms with Crippen molar-refractivity contribution in [3.05, 3.63) is 95.1 Å². The quantitative estimate of drug-likeness (QED) is 0.436. The van der Waals surface area contributed by atoms with Crippen LogP contribution in [-0.2, 0) is 11.0 Å². The van der Waals surface area contributed by atoms with E-state index in [0.29, 0.717) is 6.42 Å². The second-order valence-electron chi connectivity index (χ2n) is 5.89. The first-order chi connectivity index (χ1) is 12.2. The third-order valence-corrected chi connectivity index (χ3v) is 4.21. The maximum absolute atomic E-state index is 12.8. The molecule has 0 atom stereocenters. The lowest BCUT2D eigenvalue weighted by atomic mass is 9.91. The molecule has 0 aliphatic heterocycles. The average molecular weight is 348 g/mol. The number of Topliss-reactive ketones (excluding diaryl/α,β-unsaturated/α-hetero) is 1. The Hall–Kier alpha value is -2.57. The van der Waals surface area contributed by atoms with Crippen molar-refractivity contribution in [2.24, 2.45) is 0 Å². The van der Waals surface area contributed by atoms with E-state index in [2.05, 4.69) is 18.2 Å². The van der Waals surface area contributed by atoms with Gasteiger partial charge in [-0.25, -0.2) is 0 Å². The summed E-state index contributed by atoms with van der Waals surface area (Å²) in [6.45, 7) is 4.01. The second kappa shape index (κ2) is 9.05. The van der Waals surface area contributed by atoms with Crippen LogP contribution < -0.4 is 0 Å². The van der Waals surface area contributed by atoms with Crippen LogP contribution in [0.1, 0.15) is 27.0 Å². The van der Waals surface area contributed by atoms with E-state index in [9.17, 15) is 4.79 Å². The first-order valence-corrected chi connectivity index (χ1v) is 8.51. The van der Waals surface area contributed by atoms with E-state index in [0.717, 1.165) is 33.4 Å². The Morgan fingerprint density at radius 3 is 1.96 bits per heavy atom. The summed E-state index contributed by atoms with van der Waals surface area (Å²) < 4.78 is 8.06. The molecule has 0 saturated heterocycles. The third-order valence-electron chi connectivity index (χ3n) is 4.21. The van der Waals surface area contributed by atoms with Gasteiger partial charge in [-0.15, -0.1) is 0 Å². The molecule has 0 aromatic heterocycles. The van der Waals surface area contributed by atoms with Crippen LogP contribution in [0.2, 0.25) is 0 Å². The molecule has 3 rings (SSSR count). The third kappa shape index (κ3) is 4.49. The number of hydrogen-bond donors (Lipinski definition) is 0. The first kappa shape index (κ1) is 18.8. The number of ketones is 1. The smallest absolute Gasteiger partial charge is 0.167 e. The molecular weight excluding hydrogens is 327 g/mol. The Bertz CT molecular complexity index is 837. The Morgan fingerprint density at radius 2 is 1.32 bits per heavy atom. The minimum atomic E-state index is 0.184. The van der Waals surface area contributed by atoms with Gasteiger partial charge in [0.2, 0.25) is 0 Å². The Balaban J connectivity index is 0.00000109. The van der Waals surface area contributed by atoms with Crippen LogP contribution in [0.5, 0.6) is 0 Å². The van der Waals surface area contributed by atoms with E-state index in [4.69, 9.17) is 4.57 Å². The maximum Gasteiger partial charge on any atom is 0.167 e. The molecule has 0 amide bonds. The van der Waals surface area contributed by atoms with Crippen LogP contribution in [0, 0.1) is 13.8 Å².